The van der Waals surface area contributed by atoms with Gasteiger partial charge in [-0.2, -0.15) is 0 Å². The van der Waals surface area contributed by atoms with Crippen LogP contribution in [-0.2, 0) is 22.7 Å². The van der Waals surface area contributed by atoms with Crippen molar-refractivity contribution in [2.24, 2.45) is 22.9 Å². The first kappa shape index (κ1) is 41.8. The Hall–Kier alpha value is -5.36. The Morgan fingerprint density at radius 2 is 1.75 bits per heavy atom. The lowest BCUT2D eigenvalue weighted by molar-refractivity contribution is -0.252. The molecule has 2 heterocycles. The van der Waals surface area contributed by atoms with E-state index in [0.29, 0.717) is 43.9 Å². The van der Waals surface area contributed by atoms with Gasteiger partial charge in [-0.3, -0.25) is 0 Å². The van der Waals surface area contributed by atoms with E-state index in [1.165, 1.54) is 0 Å². The lowest BCUT2D eigenvalue weighted by Crippen LogP contribution is -2.70. The van der Waals surface area contributed by atoms with Gasteiger partial charge in [0.1, 0.15) is 30.8 Å². The highest BCUT2D eigenvalue weighted by Gasteiger charge is 2.65. The van der Waals surface area contributed by atoms with Crippen molar-refractivity contribution in [3.63, 3.8) is 0 Å². The SMILES string of the molecule is C=CCOc1ccc2c(c1)[C@H]1[C@H](CCCCO)[C@@H](CCCCO)C=C3C(=NOCc4ccccc4)C[C@H](N(C)C(=O)NCc4cc5ccccc5[nH]4)[C@@](OCC=C)(O2)[C@H]31. The zero-order valence-corrected chi connectivity index (χ0v) is 34.1. The molecule has 6 atom stereocenters. The summed E-state index contributed by atoms with van der Waals surface area (Å²) in [5.74, 6) is -0.331. The normalized spacial score (nSPS) is 23.7. The van der Waals surface area contributed by atoms with E-state index in [1.54, 1.807) is 24.1 Å². The Bertz CT molecular complexity index is 2080. The third kappa shape index (κ3) is 9.12. The van der Waals surface area contributed by atoms with E-state index in [1.807, 2.05) is 72.8 Å². The van der Waals surface area contributed by atoms with Crippen molar-refractivity contribution in [3.8, 4) is 11.5 Å². The number of aromatic nitrogens is 1. The number of hydrogen-bond donors (Lipinski definition) is 4. The summed E-state index contributed by atoms with van der Waals surface area (Å²) >= 11 is 0. The van der Waals surface area contributed by atoms with E-state index in [2.05, 4.69) is 35.6 Å². The number of para-hydroxylation sites is 1. The van der Waals surface area contributed by atoms with Gasteiger partial charge in [0.05, 0.1) is 24.8 Å². The average molecular weight is 803 g/mol. The number of ether oxygens (including phenoxy) is 3. The van der Waals surface area contributed by atoms with E-state index in [-0.39, 0.29) is 50.2 Å². The summed E-state index contributed by atoms with van der Waals surface area (Å²) in [5, 5.41) is 28.9. The van der Waals surface area contributed by atoms with Gasteiger partial charge in [-0.15, -0.1) is 6.58 Å². The molecular formula is C48H58N4O7. The predicted octanol–water partition coefficient (Wildman–Crippen LogP) is 8.41. The number of H-pyrrole nitrogens is 1. The Labute approximate surface area is 347 Å². The third-order valence-corrected chi connectivity index (χ3v) is 12.1. The van der Waals surface area contributed by atoms with Crippen LogP contribution in [0.3, 0.4) is 0 Å². The van der Waals surface area contributed by atoms with Gasteiger partial charge in [0.15, 0.2) is 0 Å². The van der Waals surface area contributed by atoms with Gasteiger partial charge in [-0.25, -0.2) is 4.79 Å². The molecule has 1 aliphatic heterocycles. The molecule has 0 spiro atoms. The first-order valence-electron chi connectivity index (χ1n) is 21.0. The Morgan fingerprint density at radius 3 is 2.51 bits per heavy atom. The molecule has 2 amide bonds. The van der Waals surface area contributed by atoms with Gasteiger partial charge < -0.3 is 44.5 Å². The number of aliphatic hydroxyl groups excluding tert-OH is 2. The second-order valence-corrected chi connectivity index (χ2v) is 15.8. The molecule has 2 aliphatic carbocycles. The van der Waals surface area contributed by atoms with Crippen molar-refractivity contribution in [2.45, 2.75) is 75.8 Å². The maximum Gasteiger partial charge on any atom is 0.317 e. The highest BCUT2D eigenvalue weighted by atomic mass is 16.7. The van der Waals surface area contributed by atoms with Crippen LogP contribution >= 0.6 is 0 Å². The van der Waals surface area contributed by atoms with Crippen LogP contribution in [0.25, 0.3) is 10.9 Å². The molecule has 0 saturated heterocycles. The van der Waals surface area contributed by atoms with Gasteiger partial charge in [0.2, 0.25) is 5.79 Å². The minimum Gasteiger partial charge on any atom is -0.490 e. The van der Waals surface area contributed by atoms with Crippen LogP contribution in [-0.4, -0.2) is 77.1 Å². The lowest BCUT2D eigenvalue weighted by Gasteiger charge is -2.59. The van der Waals surface area contributed by atoms with Crippen molar-refractivity contribution < 1.29 is 34.1 Å². The second kappa shape index (κ2) is 19.6. The molecule has 1 aromatic heterocycles. The standard InChI is InChI=1S/C48H58N4O7/c1-4-25-56-37-21-22-43-40(29-37)45-38(19-12-14-24-54)34(17-11-13-23-53)28-39-42(51-58-32-33-15-7-6-8-16-33)30-44(48(59-43,46(39)45)57-26-5-2)52(3)47(55)49-31-36-27-35-18-9-10-20-41(35)50-36/h4-10,15-16,18,20-22,27-29,34,38,44-46,50,53-54H,1-2,11-14,17,19,23-26,30-32H2,3H3,(H,49,55)/t34-,38+,44-,45+,46+,48+/m0/s1. The quantitative estimate of drug-likeness (QED) is 0.0400. The highest BCUT2D eigenvalue weighted by molar-refractivity contribution is 6.03. The van der Waals surface area contributed by atoms with Crippen LogP contribution in [0, 0.1) is 17.8 Å². The maximum atomic E-state index is 14.4. The minimum absolute atomic E-state index is 0.101. The smallest absolute Gasteiger partial charge is 0.317 e. The minimum atomic E-state index is -1.35. The molecule has 0 bridgehead atoms. The number of aromatic amines is 1. The number of urea groups is 1. The number of carbonyl (C=O) groups is 1. The monoisotopic (exact) mass is 802 g/mol. The van der Waals surface area contributed by atoms with Crippen LogP contribution in [0.1, 0.15) is 67.7 Å². The largest absolute Gasteiger partial charge is 0.490 e. The van der Waals surface area contributed by atoms with E-state index in [4.69, 9.17) is 24.2 Å². The topological polar surface area (TPSA) is 138 Å². The van der Waals surface area contributed by atoms with Gasteiger partial charge >= 0.3 is 6.03 Å². The molecule has 3 aliphatic rings. The van der Waals surface area contributed by atoms with Crippen LogP contribution < -0.4 is 14.8 Å². The summed E-state index contributed by atoms with van der Waals surface area (Å²) in [5.41, 5.74) is 5.59. The Kier molecular flexibility index (Phi) is 13.9. The summed E-state index contributed by atoms with van der Waals surface area (Å²) in [6.45, 7) is 9.21. The fraction of sp³-hybridized carbons (Fsp3) is 0.417. The summed E-state index contributed by atoms with van der Waals surface area (Å²) in [7, 11) is 1.79. The lowest BCUT2D eigenvalue weighted by atomic mass is 9.55. The summed E-state index contributed by atoms with van der Waals surface area (Å²) < 4.78 is 20.4. The molecule has 11 heteroatoms. The molecule has 1 saturated carbocycles. The number of benzene rings is 3. The molecule has 0 radical (unpaired) electrons. The zero-order valence-electron chi connectivity index (χ0n) is 34.1. The first-order valence-corrected chi connectivity index (χ1v) is 21.0. The Balaban J connectivity index is 1.35. The number of fused-ring (bicyclic) bond motifs is 3. The van der Waals surface area contributed by atoms with Gasteiger partial charge in [-0.1, -0.05) is 91.3 Å². The van der Waals surface area contributed by atoms with Gasteiger partial charge in [0.25, 0.3) is 0 Å². The molecule has 3 aromatic carbocycles. The molecule has 4 N–H and O–H groups in total. The number of nitrogens with one attached hydrogen (secondary N) is 2. The molecule has 4 aromatic rings. The van der Waals surface area contributed by atoms with Crippen molar-refractivity contribution in [3.05, 3.63) is 133 Å². The van der Waals surface area contributed by atoms with Crippen molar-refractivity contribution in [2.75, 3.05) is 33.5 Å². The summed E-state index contributed by atoms with van der Waals surface area (Å²) in [6.07, 6.45) is 10.8. The average Bonchev–Trinajstić information content (AvgIpc) is 3.69. The first-order chi connectivity index (χ1) is 28.9. The molecule has 59 heavy (non-hydrogen) atoms. The predicted molar refractivity (Wildman–Crippen MR) is 230 cm³/mol. The number of allylic oxidation sites excluding steroid dienone is 1. The number of aliphatic hydroxyl groups is 2. The Morgan fingerprint density at radius 1 is 0.983 bits per heavy atom. The van der Waals surface area contributed by atoms with E-state index >= 15 is 0 Å². The zero-order chi connectivity index (χ0) is 41.2. The molecule has 0 unspecified atom stereocenters. The van der Waals surface area contributed by atoms with Crippen molar-refractivity contribution >= 4 is 22.6 Å². The number of amides is 2. The molecule has 7 rings (SSSR count). The number of rotatable bonds is 20. The van der Waals surface area contributed by atoms with E-state index in [0.717, 1.165) is 64.7 Å². The van der Waals surface area contributed by atoms with Crippen LogP contribution in [0.5, 0.6) is 11.5 Å². The molecule has 312 valence electrons. The number of hydrogen-bond acceptors (Lipinski definition) is 8. The van der Waals surface area contributed by atoms with Gasteiger partial charge in [0, 0.05) is 49.4 Å². The van der Waals surface area contributed by atoms with E-state index in [9.17, 15) is 15.0 Å². The number of unbranched alkanes of at least 4 members (excludes halogenated alkanes) is 2. The van der Waals surface area contributed by atoms with E-state index < -0.39 is 17.7 Å². The fourth-order valence-corrected chi connectivity index (χ4v) is 9.40. The fourth-order valence-electron chi connectivity index (χ4n) is 9.40. The second-order valence-electron chi connectivity index (χ2n) is 15.8. The van der Waals surface area contributed by atoms with Crippen LogP contribution in [0.2, 0.25) is 0 Å². The highest BCUT2D eigenvalue weighted by Crippen LogP contribution is 2.61. The molecule has 1 fully saturated rings. The van der Waals surface area contributed by atoms with Crippen LogP contribution in [0.15, 0.2) is 121 Å². The molecule has 11 nitrogen and oxygen atoms in total. The van der Waals surface area contributed by atoms with Crippen molar-refractivity contribution in [1.29, 1.82) is 0 Å². The number of likely N-dealkylation sites (N-methyl/N-ethyl adjacent to an activating group) is 1. The van der Waals surface area contributed by atoms with Gasteiger partial charge in [-0.05, 0) is 84.4 Å². The van der Waals surface area contributed by atoms with Crippen molar-refractivity contribution in [1.82, 2.24) is 15.2 Å². The molecular weight excluding hydrogens is 745 g/mol. The summed E-state index contributed by atoms with van der Waals surface area (Å²) in [6, 6.07) is 25.0. The number of carbonyl (C=O) groups excluding carboxylic acids is 1. The summed E-state index contributed by atoms with van der Waals surface area (Å²) in [4.78, 5) is 25.7. The van der Waals surface area contributed by atoms with Crippen LogP contribution in [0.4, 0.5) is 4.79 Å². The number of oxime groups is 1. The number of nitrogens with zero attached hydrogens (tertiary/aromatic N) is 2. The third-order valence-electron chi connectivity index (χ3n) is 12.1. The maximum absolute atomic E-state index is 14.4.